The van der Waals surface area contributed by atoms with E-state index in [9.17, 15) is 9.59 Å². The first-order valence-electron chi connectivity index (χ1n) is 5.56. The van der Waals surface area contributed by atoms with E-state index in [1.807, 2.05) is 17.0 Å². The van der Waals surface area contributed by atoms with Crippen molar-refractivity contribution >= 4 is 29.2 Å². The molecule has 1 heterocycles. The molecule has 96 valence electrons. The molecule has 0 spiro atoms. The summed E-state index contributed by atoms with van der Waals surface area (Å²) in [4.78, 5) is 24.1. The van der Waals surface area contributed by atoms with Crippen molar-refractivity contribution in [3.63, 3.8) is 0 Å². The lowest BCUT2D eigenvalue weighted by Gasteiger charge is -2.34. The van der Waals surface area contributed by atoms with Crippen LogP contribution in [0.25, 0.3) is 0 Å². The van der Waals surface area contributed by atoms with Gasteiger partial charge in [0.2, 0.25) is 5.91 Å². The fourth-order valence-electron chi connectivity index (χ4n) is 2.00. The van der Waals surface area contributed by atoms with Gasteiger partial charge in [-0.2, -0.15) is 0 Å². The molecule has 1 atom stereocenters. The van der Waals surface area contributed by atoms with Crippen LogP contribution in [-0.4, -0.2) is 36.1 Å². The predicted molar refractivity (Wildman–Crippen MR) is 67.8 cm³/mol. The third-order valence-corrected chi connectivity index (χ3v) is 3.01. The number of carbonyl (C=O) groups excluding carboxylic acids is 1. The van der Waals surface area contributed by atoms with Crippen molar-refractivity contribution in [3.05, 3.63) is 29.3 Å². The Balaban J connectivity index is 2.10. The number of nitrogens with one attached hydrogen (secondary N) is 1. The third kappa shape index (κ3) is 3.13. The van der Waals surface area contributed by atoms with E-state index in [0.29, 0.717) is 11.6 Å². The highest BCUT2D eigenvalue weighted by atomic mass is 35.5. The van der Waals surface area contributed by atoms with Gasteiger partial charge < -0.3 is 15.3 Å². The lowest BCUT2D eigenvalue weighted by molar-refractivity contribution is -0.137. The molecule has 2 rings (SSSR count). The molecule has 1 unspecified atom stereocenters. The molecule has 1 saturated heterocycles. The maximum atomic E-state index is 11.5. The molecule has 1 aromatic rings. The average Bonchev–Trinajstić information content (AvgIpc) is 2.28. The zero-order chi connectivity index (χ0) is 13.1. The second-order valence-corrected chi connectivity index (χ2v) is 4.66. The van der Waals surface area contributed by atoms with E-state index in [1.165, 1.54) is 0 Å². The van der Waals surface area contributed by atoms with Gasteiger partial charge in [0.25, 0.3) is 0 Å². The summed E-state index contributed by atoms with van der Waals surface area (Å²) in [5, 5.41) is 12.1. The molecule has 1 aliphatic heterocycles. The van der Waals surface area contributed by atoms with Crippen molar-refractivity contribution in [3.8, 4) is 0 Å². The number of halogens is 1. The van der Waals surface area contributed by atoms with Gasteiger partial charge in [-0.15, -0.1) is 0 Å². The van der Waals surface area contributed by atoms with Gasteiger partial charge in [-0.3, -0.25) is 9.59 Å². The normalized spacial score (nSPS) is 19.5. The van der Waals surface area contributed by atoms with E-state index in [-0.39, 0.29) is 24.9 Å². The number of piperazine rings is 1. The zero-order valence-corrected chi connectivity index (χ0v) is 10.4. The van der Waals surface area contributed by atoms with Crippen LogP contribution in [0.4, 0.5) is 5.69 Å². The quantitative estimate of drug-likeness (QED) is 0.862. The van der Waals surface area contributed by atoms with Crippen LogP contribution in [0.2, 0.25) is 5.02 Å². The standard InChI is InChI=1S/C12H13ClN2O3/c13-8-1-3-10(4-2-8)15-6-9(5-12(17)18)14-11(16)7-15/h1-4,9H,5-7H2,(H,14,16)(H,17,18). The summed E-state index contributed by atoms with van der Waals surface area (Å²) in [6.07, 6.45) is -0.0736. The third-order valence-electron chi connectivity index (χ3n) is 2.75. The van der Waals surface area contributed by atoms with Crippen LogP contribution in [0.1, 0.15) is 6.42 Å². The fraction of sp³-hybridized carbons (Fsp3) is 0.333. The molecule has 1 aliphatic rings. The number of carboxylic acids is 1. The number of hydrogen-bond donors (Lipinski definition) is 2. The Hall–Kier alpha value is -1.75. The van der Waals surface area contributed by atoms with E-state index < -0.39 is 5.97 Å². The SMILES string of the molecule is O=C(O)CC1CN(c2ccc(Cl)cc2)CC(=O)N1. The molecular formula is C12H13ClN2O3. The van der Waals surface area contributed by atoms with Gasteiger partial charge in [-0.25, -0.2) is 0 Å². The van der Waals surface area contributed by atoms with Crippen LogP contribution in [0, 0.1) is 0 Å². The topological polar surface area (TPSA) is 69.6 Å². The number of amides is 1. The van der Waals surface area contributed by atoms with E-state index in [0.717, 1.165) is 5.69 Å². The summed E-state index contributed by atoms with van der Waals surface area (Å²) in [6, 6.07) is 6.77. The minimum absolute atomic E-state index is 0.0736. The van der Waals surface area contributed by atoms with Crippen molar-refractivity contribution in [1.29, 1.82) is 0 Å². The molecule has 0 radical (unpaired) electrons. The van der Waals surface area contributed by atoms with Crippen LogP contribution in [0.5, 0.6) is 0 Å². The Labute approximate surface area is 109 Å². The number of aliphatic carboxylic acids is 1. The number of hydrogen-bond acceptors (Lipinski definition) is 3. The second kappa shape index (κ2) is 5.27. The molecule has 0 saturated carbocycles. The molecule has 0 aliphatic carbocycles. The Morgan fingerprint density at radius 3 is 2.72 bits per heavy atom. The molecule has 2 N–H and O–H groups in total. The van der Waals surface area contributed by atoms with Crippen molar-refractivity contribution < 1.29 is 14.7 Å². The van der Waals surface area contributed by atoms with Crippen molar-refractivity contribution in [2.75, 3.05) is 18.0 Å². The number of carbonyl (C=O) groups is 2. The number of nitrogens with zero attached hydrogens (tertiary/aromatic N) is 1. The summed E-state index contributed by atoms with van der Waals surface area (Å²) < 4.78 is 0. The second-order valence-electron chi connectivity index (χ2n) is 4.22. The van der Waals surface area contributed by atoms with Crippen LogP contribution in [0.15, 0.2) is 24.3 Å². The fourth-order valence-corrected chi connectivity index (χ4v) is 2.12. The van der Waals surface area contributed by atoms with Gasteiger partial charge in [0.1, 0.15) is 0 Å². The van der Waals surface area contributed by atoms with E-state index >= 15 is 0 Å². The Morgan fingerprint density at radius 2 is 2.11 bits per heavy atom. The van der Waals surface area contributed by atoms with Crippen LogP contribution < -0.4 is 10.2 Å². The minimum atomic E-state index is -0.918. The molecule has 6 heteroatoms. The smallest absolute Gasteiger partial charge is 0.305 e. The van der Waals surface area contributed by atoms with Crippen molar-refractivity contribution in [1.82, 2.24) is 5.32 Å². The number of anilines is 1. The molecule has 0 bridgehead atoms. The summed E-state index contributed by atoms with van der Waals surface area (Å²) >= 11 is 5.80. The largest absolute Gasteiger partial charge is 0.481 e. The van der Waals surface area contributed by atoms with E-state index in [1.54, 1.807) is 12.1 Å². The first-order valence-corrected chi connectivity index (χ1v) is 5.94. The van der Waals surface area contributed by atoms with Crippen LogP contribution in [0.3, 0.4) is 0 Å². The van der Waals surface area contributed by atoms with Gasteiger partial charge in [0.15, 0.2) is 0 Å². The highest BCUT2D eigenvalue weighted by Crippen LogP contribution is 2.19. The summed E-state index contributed by atoms with van der Waals surface area (Å²) in [7, 11) is 0. The monoisotopic (exact) mass is 268 g/mol. The molecule has 1 amide bonds. The minimum Gasteiger partial charge on any atom is -0.481 e. The lowest BCUT2D eigenvalue weighted by atomic mass is 10.1. The van der Waals surface area contributed by atoms with Gasteiger partial charge in [0, 0.05) is 17.3 Å². The Kier molecular flexibility index (Phi) is 3.72. The van der Waals surface area contributed by atoms with Crippen molar-refractivity contribution in [2.24, 2.45) is 0 Å². The maximum Gasteiger partial charge on any atom is 0.305 e. The number of benzene rings is 1. The summed E-state index contributed by atoms with van der Waals surface area (Å²) in [5.74, 6) is -1.08. The molecule has 1 aromatic carbocycles. The highest BCUT2D eigenvalue weighted by Gasteiger charge is 2.26. The van der Waals surface area contributed by atoms with Crippen molar-refractivity contribution in [2.45, 2.75) is 12.5 Å². The van der Waals surface area contributed by atoms with Gasteiger partial charge in [-0.1, -0.05) is 11.6 Å². The van der Waals surface area contributed by atoms with E-state index in [4.69, 9.17) is 16.7 Å². The zero-order valence-electron chi connectivity index (χ0n) is 9.60. The van der Waals surface area contributed by atoms with Crippen LogP contribution >= 0.6 is 11.6 Å². The predicted octanol–water partition coefficient (Wildman–Crippen LogP) is 1.12. The molecular weight excluding hydrogens is 256 g/mol. The van der Waals surface area contributed by atoms with Gasteiger partial charge >= 0.3 is 5.97 Å². The molecule has 18 heavy (non-hydrogen) atoms. The molecule has 5 nitrogen and oxygen atoms in total. The lowest BCUT2D eigenvalue weighted by Crippen LogP contribution is -2.54. The first kappa shape index (κ1) is 12.7. The molecule has 1 fully saturated rings. The summed E-state index contributed by atoms with van der Waals surface area (Å²) in [5.41, 5.74) is 0.865. The first-order chi connectivity index (χ1) is 8.54. The Morgan fingerprint density at radius 1 is 1.44 bits per heavy atom. The highest BCUT2D eigenvalue weighted by molar-refractivity contribution is 6.30. The van der Waals surface area contributed by atoms with Gasteiger partial charge in [-0.05, 0) is 24.3 Å². The van der Waals surface area contributed by atoms with Crippen LogP contribution in [-0.2, 0) is 9.59 Å². The van der Waals surface area contributed by atoms with Gasteiger partial charge in [0.05, 0.1) is 19.0 Å². The van der Waals surface area contributed by atoms with E-state index in [2.05, 4.69) is 5.32 Å². The summed E-state index contributed by atoms with van der Waals surface area (Å²) in [6.45, 7) is 0.720. The molecule has 0 aromatic heterocycles. The average molecular weight is 269 g/mol. The maximum absolute atomic E-state index is 11.5. The number of carboxylic acid groups (broad SMARTS) is 1. The number of rotatable bonds is 3. The Bertz CT molecular complexity index is 459.